The maximum atomic E-state index is 12.0. The number of guanidine groups is 1. The second kappa shape index (κ2) is 13.3. The first-order valence-electron chi connectivity index (χ1n) is 8.13. The summed E-state index contributed by atoms with van der Waals surface area (Å²) in [5.41, 5.74) is 5.15. The number of aliphatic hydroxyl groups is 1. The number of amides is 3. The topological polar surface area (TPSA) is 219 Å². The van der Waals surface area contributed by atoms with E-state index in [1.54, 1.807) is 7.05 Å². The van der Waals surface area contributed by atoms with Gasteiger partial charge in [0.1, 0.15) is 12.6 Å². The van der Waals surface area contributed by atoms with Crippen LogP contribution in [0.5, 0.6) is 0 Å². The Labute approximate surface area is 155 Å². The van der Waals surface area contributed by atoms with Gasteiger partial charge in [-0.1, -0.05) is 0 Å². The predicted octanol–water partition coefficient (Wildman–Crippen LogP) is -4.37. The zero-order valence-corrected chi connectivity index (χ0v) is 15.0. The predicted molar refractivity (Wildman–Crippen MR) is 94.7 cm³/mol. The molecule has 0 bridgehead atoms. The van der Waals surface area contributed by atoms with Gasteiger partial charge in [-0.15, -0.1) is 0 Å². The molecular weight excluding hydrogens is 362 g/mol. The van der Waals surface area contributed by atoms with Crippen LogP contribution in [0.15, 0.2) is 0 Å². The van der Waals surface area contributed by atoms with Crippen molar-refractivity contribution >= 4 is 29.7 Å². The lowest BCUT2D eigenvalue weighted by molar-refractivity contribution is -0.138. The highest BCUT2D eigenvalue weighted by molar-refractivity contribution is 5.92. The number of carbonyl (C=O) groups is 4. The van der Waals surface area contributed by atoms with Crippen molar-refractivity contribution in [2.45, 2.75) is 24.9 Å². The van der Waals surface area contributed by atoms with Gasteiger partial charge in [-0.25, -0.2) is 0 Å². The zero-order chi connectivity index (χ0) is 20.8. The van der Waals surface area contributed by atoms with Gasteiger partial charge >= 0.3 is 5.97 Å². The number of likely N-dealkylation sites (N-methyl/N-ethyl adjacent to an activating group) is 1. The Bertz CT molecular complexity index is 542. The van der Waals surface area contributed by atoms with Crippen molar-refractivity contribution < 1.29 is 29.4 Å². The van der Waals surface area contributed by atoms with Gasteiger partial charge in [-0.3, -0.25) is 24.6 Å². The van der Waals surface area contributed by atoms with Crippen LogP contribution in [0.2, 0.25) is 0 Å². The molecule has 0 aromatic heterocycles. The molecule has 3 amide bonds. The number of hydrogen-bond acceptors (Lipinski definition) is 7. The highest BCUT2D eigenvalue weighted by Gasteiger charge is 2.21. The smallest absolute Gasteiger partial charge is 0.322 e. The van der Waals surface area contributed by atoms with E-state index >= 15 is 0 Å². The third-order valence-electron chi connectivity index (χ3n) is 3.32. The molecular formula is C14H27N7O6. The van der Waals surface area contributed by atoms with Crippen molar-refractivity contribution in [3.8, 4) is 0 Å². The van der Waals surface area contributed by atoms with E-state index in [-0.39, 0.29) is 5.96 Å². The molecule has 0 rings (SSSR count). The standard InChI is InChI=1S/C14H27N7O6/c1-17-8(3-2-4-18-14(15)16)12(26)19-5-10(23)21-9(7-22)13(27)20-6-11(24)25/h8-9,17,22H,2-7H2,1H3,(H,19,26)(H,20,27)(H,21,23)(H,24,25)(H4,15,16,18). The molecule has 154 valence electrons. The van der Waals surface area contributed by atoms with E-state index in [1.807, 2.05) is 5.32 Å². The molecule has 10 N–H and O–H groups in total. The average Bonchev–Trinajstić information content (AvgIpc) is 2.61. The third-order valence-corrected chi connectivity index (χ3v) is 3.32. The maximum Gasteiger partial charge on any atom is 0.322 e. The van der Waals surface area contributed by atoms with Gasteiger partial charge in [0, 0.05) is 6.54 Å². The molecule has 2 unspecified atom stereocenters. The van der Waals surface area contributed by atoms with Crippen LogP contribution in [-0.4, -0.2) is 85.2 Å². The Morgan fingerprint density at radius 3 is 2.15 bits per heavy atom. The Hall–Kier alpha value is -2.93. The van der Waals surface area contributed by atoms with E-state index in [1.165, 1.54) is 0 Å². The maximum absolute atomic E-state index is 12.0. The van der Waals surface area contributed by atoms with Crippen molar-refractivity contribution in [1.82, 2.24) is 26.6 Å². The summed E-state index contributed by atoms with van der Waals surface area (Å²) in [7, 11) is 1.58. The summed E-state index contributed by atoms with van der Waals surface area (Å²) in [6.45, 7) is -1.38. The number of rotatable bonds is 13. The minimum Gasteiger partial charge on any atom is -0.480 e. The van der Waals surface area contributed by atoms with Crippen molar-refractivity contribution in [2.24, 2.45) is 5.73 Å². The van der Waals surface area contributed by atoms with Crippen LogP contribution >= 0.6 is 0 Å². The fourth-order valence-corrected chi connectivity index (χ4v) is 1.95. The van der Waals surface area contributed by atoms with E-state index in [0.717, 1.165) is 0 Å². The molecule has 13 heteroatoms. The molecule has 0 heterocycles. The van der Waals surface area contributed by atoms with Crippen LogP contribution in [0.25, 0.3) is 0 Å². The van der Waals surface area contributed by atoms with Crippen LogP contribution in [0.4, 0.5) is 0 Å². The molecule has 27 heavy (non-hydrogen) atoms. The molecule has 0 saturated carbocycles. The summed E-state index contributed by atoms with van der Waals surface area (Å²) < 4.78 is 0. The molecule has 0 fully saturated rings. The molecule has 0 saturated heterocycles. The Balaban J connectivity index is 4.31. The summed E-state index contributed by atoms with van der Waals surface area (Å²) in [5, 5.41) is 36.6. The van der Waals surface area contributed by atoms with Gasteiger partial charge < -0.3 is 42.5 Å². The van der Waals surface area contributed by atoms with Gasteiger partial charge in [0.25, 0.3) is 0 Å². The second-order valence-corrected chi connectivity index (χ2v) is 5.46. The molecule has 0 aromatic carbocycles. The SMILES string of the molecule is CNC(CCCNC(=N)N)C(=O)NCC(=O)NC(CO)C(=O)NCC(=O)O. The quantitative estimate of drug-likeness (QED) is 0.0842. The first-order chi connectivity index (χ1) is 12.7. The lowest BCUT2D eigenvalue weighted by atomic mass is 10.1. The van der Waals surface area contributed by atoms with Crippen LogP contribution in [-0.2, 0) is 19.2 Å². The third kappa shape index (κ3) is 11.3. The molecule has 0 radical (unpaired) electrons. The summed E-state index contributed by atoms with van der Waals surface area (Å²) in [6.07, 6.45) is 0.988. The lowest BCUT2D eigenvalue weighted by Crippen LogP contribution is -2.53. The van der Waals surface area contributed by atoms with Gasteiger partial charge in [-0.05, 0) is 19.9 Å². The fourth-order valence-electron chi connectivity index (χ4n) is 1.95. The first-order valence-corrected chi connectivity index (χ1v) is 8.13. The highest BCUT2D eigenvalue weighted by Crippen LogP contribution is 1.96. The molecule has 0 aliphatic rings. The monoisotopic (exact) mass is 389 g/mol. The summed E-state index contributed by atoms with van der Waals surface area (Å²) in [4.78, 5) is 45.9. The molecule has 0 aromatic rings. The zero-order valence-electron chi connectivity index (χ0n) is 15.0. The normalized spacial score (nSPS) is 12.4. The lowest BCUT2D eigenvalue weighted by Gasteiger charge is -2.18. The Morgan fingerprint density at radius 2 is 1.63 bits per heavy atom. The van der Waals surface area contributed by atoms with Crippen LogP contribution in [0.3, 0.4) is 0 Å². The number of hydrogen-bond donors (Lipinski definition) is 9. The minimum absolute atomic E-state index is 0.164. The number of aliphatic carboxylic acids is 1. The molecule has 0 aliphatic carbocycles. The van der Waals surface area contributed by atoms with Crippen LogP contribution < -0.4 is 32.3 Å². The number of carboxylic acids is 1. The summed E-state index contributed by atoms with van der Waals surface area (Å²) in [5.74, 6) is -3.45. The van der Waals surface area contributed by atoms with Crippen LogP contribution in [0.1, 0.15) is 12.8 Å². The summed E-state index contributed by atoms with van der Waals surface area (Å²) >= 11 is 0. The number of nitrogens with two attached hydrogens (primary N) is 1. The Kier molecular flexibility index (Phi) is 11.9. The van der Waals surface area contributed by atoms with Crippen molar-refractivity contribution in [2.75, 3.05) is 33.3 Å². The number of nitrogens with one attached hydrogen (secondary N) is 6. The van der Waals surface area contributed by atoms with E-state index in [2.05, 4.69) is 21.3 Å². The second-order valence-electron chi connectivity index (χ2n) is 5.46. The number of carbonyl (C=O) groups excluding carboxylic acids is 3. The highest BCUT2D eigenvalue weighted by atomic mass is 16.4. The number of carboxylic acid groups (broad SMARTS) is 1. The van der Waals surface area contributed by atoms with Crippen molar-refractivity contribution in [3.63, 3.8) is 0 Å². The van der Waals surface area contributed by atoms with E-state index in [9.17, 15) is 19.2 Å². The van der Waals surface area contributed by atoms with Crippen LogP contribution in [0, 0.1) is 5.41 Å². The van der Waals surface area contributed by atoms with E-state index in [4.69, 9.17) is 21.4 Å². The summed E-state index contributed by atoms with van der Waals surface area (Å²) in [6, 6.07) is -1.90. The largest absolute Gasteiger partial charge is 0.480 e. The van der Waals surface area contributed by atoms with Gasteiger partial charge in [0.2, 0.25) is 17.7 Å². The Morgan fingerprint density at radius 1 is 1.04 bits per heavy atom. The fraction of sp³-hybridized carbons (Fsp3) is 0.643. The molecule has 0 aliphatic heterocycles. The van der Waals surface area contributed by atoms with Gasteiger partial charge in [-0.2, -0.15) is 0 Å². The van der Waals surface area contributed by atoms with E-state index < -0.39 is 55.5 Å². The average molecular weight is 389 g/mol. The molecule has 0 spiro atoms. The molecule has 13 nitrogen and oxygen atoms in total. The van der Waals surface area contributed by atoms with Gasteiger partial charge in [0.15, 0.2) is 5.96 Å². The first kappa shape index (κ1) is 24.1. The van der Waals surface area contributed by atoms with Gasteiger partial charge in [0.05, 0.1) is 19.2 Å². The number of aliphatic hydroxyl groups excluding tert-OH is 1. The minimum atomic E-state index is -1.33. The van der Waals surface area contributed by atoms with Crippen molar-refractivity contribution in [1.29, 1.82) is 5.41 Å². The van der Waals surface area contributed by atoms with E-state index in [0.29, 0.717) is 19.4 Å². The molecule has 2 atom stereocenters. The van der Waals surface area contributed by atoms with Crippen molar-refractivity contribution in [3.05, 3.63) is 0 Å².